The Bertz CT molecular complexity index is 977. The van der Waals surface area contributed by atoms with Crippen molar-refractivity contribution in [3.63, 3.8) is 0 Å². The second-order valence-corrected chi connectivity index (χ2v) is 7.06. The van der Waals surface area contributed by atoms with Gasteiger partial charge in [0.2, 0.25) is 0 Å². The molecule has 1 amide bonds. The summed E-state index contributed by atoms with van der Waals surface area (Å²) in [5, 5.41) is 4.61. The van der Waals surface area contributed by atoms with Gasteiger partial charge in [0, 0.05) is 24.8 Å². The van der Waals surface area contributed by atoms with Crippen LogP contribution in [0, 0.1) is 0 Å². The van der Waals surface area contributed by atoms with E-state index in [0.29, 0.717) is 11.3 Å². The zero-order valence-corrected chi connectivity index (χ0v) is 16.2. The molecule has 0 atom stereocenters. The third kappa shape index (κ3) is 4.37. The number of likely N-dealkylation sites (tertiary alicyclic amines) is 1. The molecule has 6 heteroatoms. The third-order valence-corrected chi connectivity index (χ3v) is 5.04. The van der Waals surface area contributed by atoms with E-state index in [0.717, 1.165) is 43.6 Å². The molecule has 0 aliphatic carbocycles. The Kier molecular flexibility index (Phi) is 5.70. The van der Waals surface area contributed by atoms with Crippen LogP contribution in [-0.4, -0.2) is 46.3 Å². The molecule has 1 aliphatic heterocycles. The lowest BCUT2D eigenvalue weighted by molar-refractivity contribution is -0.135. The molecule has 2 aromatic carbocycles. The van der Waals surface area contributed by atoms with E-state index in [1.807, 2.05) is 60.7 Å². The number of esters is 1. The lowest BCUT2D eigenvalue weighted by Crippen LogP contribution is -2.38. The van der Waals surface area contributed by atoms with Gasteiger partial charge in [0.15, 0.2) is 6.61 Å². The molecule has 0 spiro atoms. The second-order valence-electron chi connectivity index (χ2n) is 7.06. The first-order valence-corrected chi connectivity index (χ1v) is 9.88. The molecule has 0 bridgehead atoms. The van der Waals surface area contributed by atoms with Crippen molar-refractivity contribution in [3.8, 4) is 16.9 Å². The molecule has 4 rings (SSSR count). The molecule has 3 aromatic rings. The average Bonchev–Trinajstić information content (AvgIpc) is 3.25. The maximum absolute atomic E-state index is 12.8. The van der Waals surface area contributed by atoms with Gasteiger partial charge in [-0.3, -0.25) is 4.79 Å². The van der Waals surface area contributed by atoms with Crippen LogP contribution in [0.15, 0.2) is 66.9 Å². The first-order chi connectivity index (χ1) is 14.2. The van der Waals surface area contributed by atoms with Crippen molar-refractivity contribution in [2.45, 2.75) is 19.3 Å². The minimum atomic E-state index is -0.545. The maximum atomic E-state index is 12.8. The van der Waals surface area contributed by atoms with Crippen LogP contribution in [0.1, 0.15) is 29.6 Å². The lowest BCUT2D eigenvalue weighted by atomic mass is 10.1. The Hall–Kier alpha value is -3.41. The summed E-state index contributed by atoms with van der Waals surface area (Å²) in [6, 6.07) is 19.1. The molecule has 2 heterocycles. The number of hydrogen-bond donors (Lipinski definition) is 0. The standard InChI is InChI=1S/C23H23N3O3/c27-21(25-14-8-3-9-15-25)17-29-23(28)20-16-26(19-12-6-2-7-13-19)24-22(20)18-10-4-1-5-11-18/h1-2,4-7,10-13,16H,3,8-9,14-15,17H2. The zero-order chi connectivity index (χ0) is 20.1. The molecule has 0 N–H and O–H groups in total. The predicted molar refractivity (Wildman–Crippen MR) is 110 cm³/mol. The van der Waals surface area contributed by atoms with Gasteiger partial charge < -0.3 is 9.64 Å². The Morgan fingerprint density at radius 2 is 1.55 bits per heavy atom. The number of carbonyl (C=O) groups is 2. The van der Waals surface area contributed by atoms with Gasteiger partial charge >= 0.3 is 5.97 Å². The number of ether oxygens (including phenoxy) is 1. The summed E-state index contributed by atoms with van der Waals surface area (Å²) in [5.74, 6) is -0.689. The molecule has 1 aromatic heterocycles. The van der Waals surface area contributed by atoms with E-state index in [-0.39, 0.29) is 12.5 Å². The molecule has 1 aliphatic rings. The number of para-hydroxylation sites is 1. The van der Waals surface area contributed by atoms with Crippen molar-refractivity contribution >= 4 is 11.9 Å². The molecule has 0 radical (unpaired) electrons. The smallest absolute Gasteiger partial charge is 0.342 e. The molecule has 0 saturated carbocycles. The Morgan fingerprint density at radius 1 is 0.897 bits per heavy atom. The summed E-state index contributed by atoms with van der Waals surface area (Å²) in [7, 11) is 0. The highest BCUT2D eigenvalue weighted by atomic mass is 16.5. The Labute approximate surface area is 169 Å². The van der Waals surface area contributed by atoms with Gasteiger partial charge in [0.25, 0.3) is 5.91 Å². The first kappa shape index (κ1) is 18.9. The van der Waals surface area contributed by atoms with Crippen molar-refractivity contribution in [2.24, 2.45) is 0 Å². The van der Waals surface area contributed by atoms with Gasteiger partial charge in [-0.2, -0.15) is 5.10 Å². The van der Waals surface area contributed by atoms with Gasteiger partial charge in [-0.25, -0.2) is 9.48 Å². The van der Waals surface area contributed by atoms with Crippen LogP contribution in [-0.2, 0) is 9.53 Å². The van der Waals surface area contributed by atoms with Crippen LogP contribution in [0.25, 0.3) is 16.9 Å². The van der Waals surface area contributed by atoms with E-state index in [9.17, 15) is 9.59 Å². The molecule has 1 fully saturated rings. The first-order valence-electron chi connectivity index (χ1n) is 9.88. The van der Waals surface area contributed by atoms with Crippen LogP contribution in [0.3, 0.4) is 0 Å². The number of rotatable bonds is 5. The second kappa shape index (κ2) is 8.73. The van der Waals surface area contributed by atoms with E-state index in [1.165, 1.54) is 0 Å². The highest BCUT2D eigenvalue weighted by Crippen LogP contribution is 2.24. The number of carbonyl (C=O) groups excluding carboxylic acids is 2. The molecular formula is C23H23N3O3. The summed E-state index contributed by atoms with van der Waals surface area (Å²) in [5.41, 5.74) is 2.53. The van der Waals surface area contributed by atoms with E-state index in [1.54, 1.807) is 15.8 Å². The summed E-state index contributed by atoms with van der Waals surface area (Å²) < 4.78 is 7.03. The lowest BCUT2D eigenvalue weighted by Gasteiger charge is -2.26. The van der Waals surface area contributed by atoms with E-state index >= 15 is 0 Å². The molecule has 6 nitrogen and oxygen atoms in total. The van der Waals surface area contributed by atoms with Crippen molar-refractivity contribution in [1.29, 1.82) is 0 Å². The third-order valence-electron chi connectivity index (χ3n) is 5.04. The highest BCUT2D eigenvalue weighted by molar-refractivity contribution is 5.97. The molecular weight excluding hydrogens is 366 g/mol. The number of hydrogen-bond acceptors (Lipinski definition) is 4. The monoisotopic (exact) mass is 389 g/mol. The fourth-order valence-electron chi connectivity index (χ4n) is 3.49. The summed E-state index contributed by atoms with van der Waals surface area (Å²) in [6.45, 7) is 1.22. The minimum absolute atomic E-state index is 0.144. The molecule has 148 valence electrons. The SMILES string of the molecule is O=C(OCC(=O)N1CCCCC1)c1cn(-c2ccccc2)nc1-c1ccccc1. The van der Waals surface area contributed by atoms with Crippen molar-refractivity contribution in [1.82, 2.24) is 14.7 Å². The number of piperidine rings is 1. The highest BCUT2D eigenvalue weighted by Gasteiger charge is 2.22. The normalized spacial score (nSPS) is 13.9. The molecule has 1 saturated heterocycles. The van der Waals surface area contributed by atoms with Crippen molar-refractivity contribution < 1.29 is 14.3 Å². The van der Waals surface area contributed by atoms with Gasteiger partial charge in [0.05, 0.1) is 5.69 Å². The van der Waals surface area contributed by atoms with Crippen LogP contribution in [0.4, 0.5) is 0 Å². The van der Waals surface area contributed by atoms with E-state index < -0.39 is 5.97 Å². The summed E-state index contributed by atoms with van der Waals surface area (Å²) in [6.07, 6.45) is 4.80. The average molecular weight is 389 g/mol. The summed E-state index contributed by atoms with van der Waals surface area (Å²) in [4.78, 5) is 26.9. The largest absolute Gasteiger partial charge is 0.452 e. The number of aromatic nitrogens is 2. The number of nitrogens with zero attached hydrogens (tertiary/aromatic N) is 3. The van der Waals surface area contributed by atoms with Gasteiger partial charge in [-0.15, -0.1) is 0 Å². The van der Waals surface area contributed by atoms with Crippen LogP contribution < -0.4 is 0 Å². The van der Waals surface area contributed by atoms with Gasteiger partial charge in [-0.1, -0.05) is 48.5 Å². The van der Waals surface area contributed by atoms with Crippen LogP contribution in [0.5, 0.6) is 0 Å². The number of benzene rings is 2. The zero-order valence-electron chi connectivity index (χ0n) is 16.2. The predicted octanol–water partition coefficient (Wildman–Crippen LogP) is 3.71. The van der Waals surface area contributed by atoms with Crippen LogP contribution in [0.2, 0.25) is 0 Å². The van der Waals surface area contributed by atoms with Crippen molar-refractivity contribution in [2.75, 3.05) is 19.7 Å². The number of amides is 1. The van der Waals surface area contributed by atoms with E-state index in [4.69, 9.17) is 4.74 Å². The van der Waals surface area contributed by atoms with Gasteiger partial charge in [0.1, 0.15) is 11.3 Å². The molecule has 0 unspecified atom stereocenters. The molecule has 29 heavy (non-hydrogen) atoms. The summed E-state index contributed by atoms with van der Waals surface area (Å²) >= 11 is 0. The van der Waals surface area contributed by atoms with E-state index in [2.05, 4.69) is 5.10 Å². The Morgan fingerprint density at radius 3 is 2.24 bits per heavy atom. The quantitative estimate of drug-likeness (QED) is 0.624. The fourth-order valence-corrected chi connectivity index (χ4v) is 3.49. The fraction of sp³-hybridized carbons (Fsp3) is 0.261. The Balaban J connectivity index is 1.57. The van der Waals surface area contributed by atoms with Gasteiger partial charge in [-0.05, 0) is 31.4 Å². The van der Waals surface area contributed by atoms with Crippen molar-refractivity contribution in [3.05, 3.63) is 72.4 Å². The maximum Gasteiger partial charge on any atom is 0.342 e. The van der Waals surface area contributed by atoms with Crippen LogP contribution >= 0.6 is 0 Å². The topological polar surface area (TPSA) is 64.4 Å². The minimum Gasteiger partial charge on any atom is -0.452 e.